The Hall–Kier alpha value is -0.0400. The zero-order chi connectivity index (χ0) is 7.56. The molecular formula is C9H19N. The minimum Gasteiger partial charge on any atom is -0.311 e. The molecule has 0 aliphatic heterocycles. The topological polar surface area (TPSA) is 12.0 Å². The minimum atomic E-state index is 0.773. The first-order valence-corrected chi connectivity index (χ1v) is 4.54. The summed E-state index contributed by atoms with van der Waals surface area (Å²) in [5.41, 5.74) is 0. The maximum absolute atomic E-state index is 3.64. The monoisotopic (exact) mass is 141 g/mol. The van der Waals surface area contributed by atoms with Crippen molar-refractivity contribution in [2.45, 2.75) is 52.1 Å². The molecule has 0 bridgehead atoms. The number of hydrogen-bond donors (Lipinski definition) is 1. The predicted molar refractivity (Wildman–Crippen MR) is 45.1 cm³/mol. The Labute approximate surface area is 64.2 Å². The molecule has 60 valence electrons. The van der Waals surface area contributed by atoms with E-state index in [-0.39, 0.29) is 0 Å². The first-order chi connectivity index (χ1) is 4.77. The molecule has 1 fully saturated rings. The first-order valence-electron chi connectivity index (χ1n) is 4.54. The highest BCUT2D eigenvalue weighted by molar-refractivity contribution is 4.91. The molecule has 1 nitrogen and oxygen atoms in total. The summed E-state index contributed by atoms with van der Waals surface area (Å²) in [5.74, 6) is 0.945. The van der Waals surface area contributed by atoms with Crippen LogP contribution in [0.2, 0.25) is 0 Å². The van der Waals surface area contributed by atoms with Gasteiger partial charge in [0, 0.05) is 12.1 Å². The smallest absolute Gasteiger partial charge is 0.00989 e. The van der Waals surface area contributed by atoms with E-state index in [0.29, 0.717) is 0 Å². The second-order valence-electron chi connectivity index (χ2n) is 3.50. The Morgan fingerprint density at radius 1 is 1.40 bits per heavy atom. The average Bonchev–Trinajstić information content (AvgIpc) is 2.62. The average molecular weight is 141 g/mol. The van der Waals surface area contributed by atoms with Crippen molar-refractivity contribution in [2.75, 3.05) is 0 Å². The molecule has 2 atom stereocenters. The van der Waals surface area contributed by atoms with Gasteiger partial charge in [0.05, 0.1) is 0 Å². The third kappa shape index (κ3) is 1.98. The van der Waals surface area contributed by atoms with Gasteiger partial charge in [-0.1, -0.05) is 20.8 Å². The van der Waals surface area contributed by atoms with Gasteiger partial charge < -0.3 is 5.32 Å². The van der Waals surface area contributed by atoms with Crippen LogP contribution in [0, 0.1) is 5.92 Å². The second-order valence-corrected chi connectivity index (χ2v) is 3.50. The molecule has 0 heterocycles. The summed E-state index contributed by atoms with van der Waals surface area (Å²) in [4.78, 5) is 0. The Kier molecular flexibility index (Phi) is 2.72. The van der Waals surface area contributed by atoms with Gasteiger partial charge in [-0.3, -0.25) is 0 Å². The van der Waals surface area contributed by atoms with E-state index in [2.05, 4.69) is 26.1 Å². The van der Waals surface area contributed by atoms with Crippen LogP contribution in [0.4, 0.5) is 0 Å². The SMILES string of the molecule is CCC(CC)NC1CC1C. The van der Waals surface area contributed by atoms with E-state index < -0.39 is 0 Å². The number of nitrogens with one attached hydrogen (secondary N) is 1. The van der Waals surface area contributed by atoms with Gasteiger partial charge in [0.25, 0.3) is 0 Å². The van der Waals surface area contributed by atoms with Gasteiger partial charge in [-0.25, -0.2) is 0 Å². The fourth-order valence-electron chi connectivity index (χ4n) is 1.38. The van der Waals surface area contributed by atoms with E-state index in [1.807, 2.05) is 0 Å². The predicted octanol–water partition coefficient (Wildman–Crippen LogP) is 2.17. The minimum absolute atomic E-state index is 0.773. The van der Waals surface area contributed by atoms with Crippen LogP contribution in [-0.4, -0.2) is 12.1 Å². The number of rotatable bonds is 4. The summed E-state index contributed by atoms with van der Waals surface area (Å²) in [7, 11) is 0. The molecule has 0 aromatic carbocycles. The van der Waals surface area contributed by atoms with E-state index in [1.54, 1.807) is 0 Å². The van der Waals surface area contributed by atoms with E-state index >= 15 is 0 Å². The zero-order valence-corrected chi connectivity index (χ0v) is 7.35. The van der Waals surface area contributed by atoms with E-state index in [4.69, 9.17) is 0 Å². The summed E-state index contributed by atoms with van der Waals surface area (Å²) < 4.78 is 0. The molecule has 1 rings (SSSR count). The van der Waals surface area contributed by atoms with Crippen LogP contribution in [0.15, 0.2) is 0 Å². The molecule has 1 aliphatic rings. The van der Waals surface area contributed by atoms with E-state index in [9.17, 15) is 0 Å². The largest absolute Gasteiger partial charge is 0.311 e. The highest BCUT2D eigenvalue weighted by Gasteiger charge is 2.33. The zero-order valence-electron chi connectivity index (χ0n) is 7.35. The van der Waals surface area contributed by atoms with Crippen LogP contribution in [0.25, 0.3) is 0 Å². The Bertz CT molecular complexity index is 96.9. The summed E-state index contributed by atoms with van der Waals surface area (Å²) in [5, 5.41) is 3.64. The molecule has 1 aliphatic carbocycles. The third-order valence-corrected chi connectivity index (χ3v) is 2.54. The summed E-state index contributed by atoms with van der Waals surface area (Å²) >= 11 is 0. The Morgan fingerprint density at radius 2 is 1.90 bits per heavy atom. The van der Waals surface area contributed by atoms with E-state index in [0.717, 1.165) is 18.0 Å². The van der Waals surface area contributed by atoms with Crippen LogP contribution in [0.5, 0.6) is 0 Å². The van der Waals surface area contributed by atoms with Crippen molar-refractivity contribution in [3.63, 3.8) is 0 Å². The summed E-state index contributed by atoms with van der Waals surface area (Å²) in [6.07, 6.45) is 3.95. The molecule has 0 saturated heterocycles. The van der Waals surface area contributed by atoms with Crippen molar-refractivity contribution in [1.82, 2.24) is 5.32 Å². The molecule has 0 aromatic rings. The number of hydrogen-bond acceptors (Lipinski definition) is 1. The summed E-state index contributed by atoms with van der Waals surface area (Å²) in [6.45, 7) is 6.84. The van der Waals surface area contributed by atoms with Gasteiger partial charge in [0.2, 0.25) is 0 Å². The molecule has 1 saturated carbocycles. The lowest BCUT2D eigenvalue weighted by atomic mass is 10.2. The second kappa shape index (κ2) is 3.38. The molecule has 1 heteroatoms. The first kappa shape index (κ1) is 8.06. The van der Waals surface area contributed by atoms with E-state index in [1.165, 1.54) is 19.3 Å². The molecular weight excluding hydrogens is 122 g/mol. The van der Waals surface area contributed by atoms with Crippen molar-refractivity contribution in [1.29, 1.82) is 0 Å². The molecule has 10 heavy (non-hydrogen) atoms. The molecule has 0 radical (unpaired) electrons. The van der Waals surface area contributed by atoms with Gasteiger partial charge in [0.1, 0.15) is 0 Å². The maximum Gasteiger partial charge on any atom is 0.00989 e. The normalized spacial score (nSPS) is 31.2. The van der Waals surface area contributed by atoms with Gasteiger partial charge in [-0.05, 0) is 25.2 Å². The highest BCUT2D eigenvalue weighted by Crippen LogP contribution is 2.29. The summed E-state index contributed by atoms with van der Waals surface area (Å²) in [6, 6.07) is 1.62. The van der Waals surface area contributed by atoms with Crippen molar-refractivity contribution in [3.8, 4) is 0 Å². The van der Waals surface area contributed by atoms with Crippen LogP contribution in [0.1, 0.15) is 40.0 Å². The van der Waals surface area contributed by atoms with Crippen LogP contribution in [-0.2, 0) is 0 Å². The lowest BCUT2D eigenvalue weighted by Crippen LogP contribution is -2.30. The Morgan fingerprint density at radius 3 is 2.20 bits per heavy atom. The van der Waals surface area contributed by atoms with Crippen molar-refractivity contribution < 1.29 is 0 Å². The van der Waals surface area contributed by atoms with Crippen LogP contribution in [0.3, 0.4) is 0 Å². The van der Waals surface area contributed by atoms with Gasteiger partial charge in [-0.15, -0.1) is 0 Å². The van der Waals surface area contributed by atoms with Crippen LogP contribution < -0.4 is 5.32 Å². The fourth-order valence-corrected chi connectivity index (χ4v) is 1.38. The lowest BCUT2D eigenvalue weighted by molar-refractivity contribution is 0.471. The maximum atomic E-state index is 3.64. The highest BCUT2D eigenvalue weighted by atomic mass is 15.0. The van der Waals surface area contributed by atoms with Gasteiger partial charge in [0.15, 0.2) is 0 Å². The standard InChI is InChI=1S/C9H19N/c1-4-8(5-2)10-9-6-7(9)3/h7-10H,4-6H2,1-3H3. The molecule has 0 aromatic heterocycles. The molecule has 0 amide bonds. The van der Waals surface area contributed by atoms with Crippen molar-refractivity contribution >= 4 is 0 Å². The quantitative estimate of drug-likeness (QED) is 0.632. The molecule has 1 N–H and O–H groups in total. The van der Waals surface area contributed by atoms with Crippen LogP contribution >= 0.6 is 0 Å². The molecule has 2 unspecified atom stereocenters. The Balaban J connectivity index is 2.10. The van der Waals surface area contributed by atoms with Crippen molar-refractivity contribution in [3.05, 3.63) is 0 Å². The van der Waals surface area contributed by atoms with Crippen molar-refractivity contribution in [2.24, 2.45) is 5.92 Å². The third-order valence-electron chi connectivity index (χ3n) is 2.54. The fraction of sp³-hybridized carbons (Fsp3) is 1.00. The van der Waals surface area contributed by atoms with Gasteiger partial charge in [-0.2, -0.15) is 0 Å². The van der Waals surface area contributed by atoms with Gasteiger partial charge >= 0.3 is 0 Å². The lowest BCUT2D eigenvalue weighted by Gasteiger charge is -2.13. The molecule has 0 spiro atoms.